The molecule has 1 aliphatic rings. The Morgan fingerprint density at radius 3 is 1.84 bits per heavy atom. The minimum Gasteiger partial charge on any atom is -0.293 e. The van der Waals surface area contributed by atoms with Gasteiger partial charge in [-0.25, -0.2) is 0 Å². The summed E-state index contributed by atoms with van der Waals surface area (Å²) in [6.45, 7) is 9.32. The topological polar surface area (TPSA) is 12.4 Å². The van der Waals surface area contributed by atoms with E-state index in [0.29, 0.717) is 0 Å². The summed E-state index contributed by atoms with van der Waals surface area (Å²) < 4.78 is 0. The summed E-state index contributed by atoms with van der Waals surface area (Å²) in [7, 11) is 0. The highest BCUT2D eigenvalue weighted by Gasteiger charge is 2.36. The van der Waals surface area contributed by atoms with Crippen molar-refractivity contribution in [3.8, 4) is 33.4 Å². The lowest BCUT2D eigenvalue weighted by molar-refractivity contribution is 0.659. The Bertz CT molecular complexity index is 2060. The molecule has 0 unspecified atom stereocenters. The van der Waals surface area contributed by atoms with Crippen LogP contribution in [0.25, 0.3) is 54.9 Å². The molecule has 0 fully saturated rings. The summed E-state index contributed by atoms with van der Waals surface area (Å²) >= 11 is 0. The van der Waals surface area contributed by atoms with Gasteiger partial charge in [0, 0.05) is 18.2 Å². The van der Waals surface area contributed by atoms with Gasteiger partial charge in [-0.2, -0.15) is 0 Å². The maximum atomic E-state index is 4.52. The van der Waals surface area contributed by atoms with Crippen LogP contribution in [-0.4, -0.2) is 12.8 Å². The Hall–Kier alpha value is -5.01. The van der Waals surface area contributed by atoms with Crippen molar-refractivity contribution in [2.24, 2.45) is 4.99 Å². The van der Waals surface area contributed by atoms with E-state index in [0.717, 1.165) is 19.4 Å². The summed E-state index contributed by atoms with van der Waals surface area (Å²) in [5.74, 6) is 0. The van der Waals surface area contributed by atoms with E-state index in [1.54, 1.807) is 6.08 Å². The highest BCUT2D eigenvalue weighted by atomic mass is 14.7. The van der Waals surface area contributed by atoms with Crippen LogP contribution in [0, 0.1) is 0 Å². The largest absolute Gasteiger partial charge is 0.293 e. The van der Waals surface area contributed by atoms with Crippen LogP contribution < -0.4 is 0 Å². The normalized spacial score (nSPS) is 13.6. The average molecular weight is 568 g/mol. The van der Waals surface area contributed by atoms with Gasteiger partial charge in [0.2, 0.25) is 0 Å². The van der Waals surface area contributed by atoms with Gasteiger partial charge in [0.1, 0.15) is 0 Å². The first-order valence-electron chi connectivity index (χ1n) is 15.6. The zero-order valence-electron chi connectivity index (χ0n) is 25.6. The molecule has 0 spiro atoms. The first kappa shape index (κ1) is 27.8. The number of allylic oxidation sites excluding steroid dienone is 3. The molecule has 0 aromatic heterocycles. The molecule has 214 valence electrons. The van der Waals surface area contributed by atoms with Gasteiger partial charge in [-0.3, -0.25) is 4.99 Å². The summed E-state index contributed by atoms with van der Waals surface area (Å²) in [6.07, 6.45) is 9.52. The van der Waals surface area contributed by atoms with Crippen molar-refractivity contribution in [1.82, 2.24) is 0 Å². The molecule has 6 aromatic carbocycles. The van der Waals surface area contributed by atoms with E-state index < -0.39 is 0 Å². The van der Waals surface area contributed by atoms with Gasteiger partial charge >= 0.3 is 0 Å². The smallest absolute Gasteiger partial charge is 0.0392 e. The zero-order valence-corrected chi connectivity index (χ0v) is 25.6. The Morgan fingerprint density at radius 2 is 1.20 bits per heavy atom. The van der Waals surface area contributed by atoms with Gasteiger partial charge in [-0.05, 0) is 103 Å². The van der Waals surface area contributed by atoms with Crippen molar-refractivity contribution in [2.45, 2.75) is 32.1 Å². The van der Waals surface area contributed by atoms with Crippen molar-refractivity contribution >= 4 is 27.8 Å². The lowest BCUT2D eigenvalue weighted by Gasteiger charge is -2.24. The molecule has 44 heavy (non-hydrogen) atoms. The van der Waals surface area contributed by atoms with Crippen molar-refractivity contribution in [3.63, 3.8) is 0 Å². The number of nitrogens with zero attached hydrogens (tertiary/aromatic N) is 1. The molecule has 0 N–H and O–H groups in total. The lowest BCUT2D eigenvalue weighted by atomic mass is 9.79. The molecule has 0 atom stereocenters. The van der Waals surface area contributed by atoms with E-state index in [1.165, 1.54) is 71.6 Å². The van der Waals surface area contributed by atoms with E-state index in [-0.39, 0.29) is 5.41 Å². The quantitative estimate of drug-likeness (QED) is 0.0751. The predicted molar refractivity (Wildman–Crippen MR) is 191 cm³/mol. The number of fused-ring (bicyclic) bond motifs is 5. The second kappa shape index (κ2) is 11.6. The highest BCUT2D eigenvalue weighted by molar-refractivity contribution is 6.22. The van der Waals surface area contributed by atoms with Crippen LogP contribution in [0.3, 0.4) is 0 Å². The first-order valence-corrected chi connectivity index (χ1v) is 15.6. The average Bonchev–Trinajstić information content (AvgIpc) is 3.28. The van der Waals surface area contributed by atoms with E-state index in [4.69, 9.17) is 0 Å². The van der Waals surface area contributed by atoms with Gasteiger partial charge in [0.25, 0.3) is 0 Å². The van der Waals surface area contributed by atoms with Gasteiger partial charge < -0.3 is 0 Å². The monoisotopic (exact) mass is 567 g/mol. The maximum absolute atomic E-state index is 4.52. The SMILES string of the molecule is C=C/C=C\C=NCCCc1ccc2c(c1)C(C)(C)c1cc3c(-c4ccccc4)c4ccccc4c(-c4ccccc4)c3cc1-2. The number of hydrogen-bond acceptors (Lipinski definition) is 1. The third-order valence-corrected chi connectivity index (χ3v) is 9.20. The summed E-state index contributed by atoms with van der Waals surface area (Å²) in [4.78, 5) is 4.52. The molecular formula is C43H37N. The van der Waals surface area contributed by atoms with Crippen molar-refractivity contribution in [3.05, 3.63) is 157 Å². The fraction of sp³-hybridized carbons (Fsp3) is 0.140. The Labute approximate surface area is 260 Å². The van der Waals surface area contributed by atoms with Gasteiger partial charge in [-0.1, -0.05) is 136 Å². The number of hydrogen-bond donors (Lipinski definition) is 0. The Kier molecular flexibility index (Phi) is 7.32. The van der Waals surface area contributed by atoms with E-state index >= 15 is 0 Å². The molecular weight excluding hydrogens is 530 g/mol. The second-order valence-electron chi connectivity index (χ2n) is 12.3. The van der Waals surface area contributed by atoms with Crippen molar-refractivity contribution in [1.29, 1.82) is 0 Å². The molecule has 1 aliphatic carbocycles. The standard InChI is InChI=1S/C43H37N/c1-4-5-14-25-44-26-15-16-30-23-24-33-36-28-37-38(29-40(36)43(2,3)39(33)27-30)42(32-19-10-7-11-20-32)35-22-13-12-21-34(35)41(37)31-17-8-6-9-18-31/h4-14,17-25,27-29H,1,15-16,26H2,2-3H3/b14-5-,44-25?. The summed E-state index contributed by atoms with van der Waals surface area (Å²) in [5, 5.41) is 5.21. The molecule has 0 radical (unpaired) electrons. The number of rotatable bonds is 8. The van der Waals surface area contributed by atoms with Crippen LogP contribution in [0.4, 0.5) is 0 Å². The van der Waals surface area contributed by atoms with Crippen molar-refractivity contribution < 1.29 is 0 Å². The molecule has 1 nitrogen and oxygen atoms in total. The minimum absolute atomic E-state index is 0.102. The van der Waals surface area contributed by atoms with Crippen molar-refractivity contribution in [2.75, 3.05) is 6.54 Å². The van der Waals surface area contributed by atoms with E-state index in [1.807, 2.05) is 18.4 Å². The molecule has 0 aliphatic heterocycles. The maximum Gasteiger partial charge on any atom is 0.0392 e. The first-order chi connectivity index (χ1) is 21.6. The molecule has 1 heteroatoms. The Morgan fingerprint density at radius 1 is 0.614 bits per heavy atom. The van der Waals surface area contributed by atoms with Crippen LogP contribution in [0.5, 0.6) is 0 Å². The van der Waals surface area contributed by atoms with Gasteiger partial charge in [-0.15, -0.1) is 0 Å². The molecule has 0 amide bonds. The number of aliphatic imine (C=N–C) groups is 1. The molecule has 0 saturated carbocycles. The third-order valence-electron chi connectivity index (χ3n) is 9.20. The molecule has 0 bridgehead atoms. The van der Waals surface area contributed by atoms with E-state index in [9.17, 15) is 0 Å². The number of aryl methyl sites for hydroxylation is 1. The Balaban J connectivity index is 1.42. The van der Waals surface area contributed by atoms with E-state index in [2.05, 4.69) is 141 Å². The fourth-order valence-corrected chi connectivity index (χ4v) is 7.08. The molecule has 7 rings (SSSR count). The second-order valence-corrected chi connectivity index (χ2v) is 12.3. The minimum atomic E-state index is -0.102. The summed E-state index contributed by atoms with van der Waals surface area (Å²) in [6, 6.07) is 42.9. The van der Waals surface area contributed by atoms with Crippen LogP contribution in [0.1, 0.15) is 37.0 Å². The van der Waals surface area contributed by atoms with Crippen LogP contribution in [0.15, 0.2) is 145 Å². The van der Waals surface area contributed by atoms with Crippen LogP contribution in [-0.2, 0) is 11.8 Å². The van der Waals surface area contributed by atoms with Crippen LogP contribution in [0.2, 0.25) is 0 Å². The highest BCUT2D eigenvalue weighted by Crippen LogP contribution is 2.53. The van der Waals surface area contributed by atoms with Crippen LogP contribution >= 0.6 is 0 Å². The molecule has 0 heterocycles. The fourth-order valence-electron chi connectivity index (χ4n) is 7.08. The van der Waals surface area contributed by atoms with Gasteiger partial charge in [0.15, 0.2) is 0 Å². The zero-order chi connectivity index (χ0) is 30.1. The van der Waals surface area contributed by atoms with Gasteiger partial charge in [0.05, 0.1) is 0 Å². The summed E-state index contributed by atoms with van der Waals surface area (Å²) in [5.41, 5.74) is 12.0. The predicted octanol–water partition coefficient (Wildman–Crippen LogP) is 11.4. The number of benzene rings is 6. The molecule has 6 aromatic rings. The molecule has 0 saturated heterocycles. The third kappa shape index (κ3) is 4.79. The lowest BCUT2D eigenvalue weighted by Crippen LogP contribution is -2.15.